The summed E-state index contributed by atoms with van der Waals surface area (Å²) in [6, 6.07) is -0.430. The van der Waals surface area contributed by atoms with Gasteiger partial charge in [-0.05, 0) is 6.04 Å². The van der Waals surface area contributed by atoms with E-state index in [9.17, 15) is 9.90 Å². The first-order chi connectivity index (χ1) is 8.45. The number of rotatable bonds is 2. The Kier molecular flexibility index (Phi) is 2.28. The monoisotopic (exact) mass is 229 g/mol. The number of aromatic amines is 1. The quantitative estimate of drug-likeness (QED) is 0.484. The minimum absolute atomic E-state index is 0.0433. The molecule has 1 aromatic rings. The fourth-order valence-electron chi connectivity index (χ4n) is 1.61. The summed E-state index contributed by atoms with van der Waals surface area (Å²) in [5.41, 5.74) is -1.20. The maximum Gasteiger partial charge on any atom is 0.329 e. The van der Waals surface area contributed by atoms with Gasteiger partial charge in [-0.3, -0.25) is 15.0 Å². The van der Waals surface area contributed by atoms with E-state index in [1.54, 1.807) is 0 Å². The van der Waals surface area contributed by atoms with Crippen LogP contribution in [0.3, 0.4) is 0 Å². The topological polar surface area (TPSA) is 111 Å². The third-order valence-corrected chi connectivity index (χ3v) is 2.42. The van der Waals surface area contributed by atoms with Crippen molar-refractivity contribution in [1.29, 1.82) is 5.41 Å². The van der Waals surface area contributed by atoms with Gasteiger partial charge in [0.1, 0.15) is 17.8 Å². The second-order valence-corrected chi connectivity index (χ2v) is 3.53. The van der Waals surface area contributed by atoms with Crippen LogP contribution in [0.25, 0.3) is 0 Å². The Bertz CT molecular complexity index is 570. The summed E-state index contributed by atoms with van der Waals surface area (Å²) < 4.78 is 21.2. The van der Waals surface area contributed by atoms with Crippen LogP contribution in [0, 0.1) is 5.41 Å². The first-order valence-electron chi connectivity index (χ1n) is 5.76. The van der Waals surface area contributed by atoms with Crippen molar-refractivity contribution in [2.24, 2.45) is 0 Å². The average Bonchev–Trinajstić information content (AvgIpc) is 2.67. The summed E-state index contributed by atoms with van der Waals surface area (Å²) in [6.45, 7) is -0.395. The van der Waals surface area contributed by atoms with Gasteiger partial charge in [-0.1, -0.05) is 0 Å². The summed E-state index contributed by atoms with van der Waals surface area (Å²) in [5.74, 6) is 0. The zero-order chi connectivity index (χ0) is 13.4. The number of hydrogen-bond acceptors (Lipinski definition) is 5. The van der Waals surface area contributed by atoms with Gasteiger partial charge in [0.05, 0.1) is 15.5 Å². The standard InChI is InChI=1S/C9H13N3O4/c10-7-1-2-12(9(15)11-7)8-3-5(14)6(4-13)16-8/h1-2,5-6,8,13-14H,3-4H2,(H2,10,11,15)/t5?,6-,8-/m1/s1/i1D,2D. The maximum absolute atomic E-state index is 11.7. The van der Waals surface area contributed by atoms with Gasteiger partial charge in [0.25, 0.3) is 0 Å². The molecule has 0 radical (unpaired) electrons. The summed E-state index contributed by atoms with van der Waals surface area (Å²) in [5, 5.41) is 25.8. The zero-order valence-corrected chi connectivity index (χ0v) is 8.30. The summed E-state index contributed by atoms with van der Waals surface area (Å²) >= 11 is 0. The van der Waals surface area contributed by atoms with Crippen LogP contribution in [0.15, 0.2) is 17.0 Å². The molecule has 7 heteroatoms. The predicted octanol–water partition coefficient (Wildman–Crippen LogP) is -1.70. The minimum Gasteiger partial charge on any atom is -0.394 e. The molecule has 1 fully saturated rings. The number of ether oxygens (including phenoxy) is 1. The number of hydrogen-bond donors (Lipinski definition) is 4. The molecule has 3 atom stereocenters. The molecular formula is C9H13N3O4. The van der Waals surface area contributed by atoms with E-state index >= 15 is 0 Å². The molecule has 0 aromatic carbocycles. The Morgan fingerprint density at radius 2 is 2.56 bits per heavy atom. The van der Waals surface area contributed by atoms with Crippen molar-refractivity contribution >= 4 is 0 Å². The van der Waals surface area contributed by atoms with Gasteiger partial charge in [-0.2, -0.15) is 0 Å². The average molecular weight is 229 g/mol. The molecule has 16 heavy (non-hydrogen) atoms. The Labute approximate surface area is 93.3 Å². The number of nitrogens with one attached hydrogen (secondary N) is 2. The number of nitrogens with zero attached hydrogens (tertiary/aromatic N) is 1. The molecule has 1 aliphatic rings. The molecule has 1 unspecified atom stereocenters. The van der Waals surface area contributed by atoms with Gasteiger partial charge in [-0.25, -0.2) is 4.79 Å². The van der Waals surface area contributed by atoms with Gasteiger partial charge in [0.2, 0.25) is 0 Å². The fourth-order valence-corrected chi connectivity index (χ4v) is 1.61. The lowest BCUT2D eigenvalue weighted by Gasteiger charge is -2.13. The second-order valence-electron chi connectivity index (χ2n) is 3.53. The first kappa shape index (κ1) is 8.68. The lowest BCUT2D eigenvalue weighted by molar-refractivity contribution is -0.0459. The minimum atomic E-state index is -0.934. The van der Waals surface area contributed by atoms with Crippen molar-refractivity contribution in [2.75, 3.05) is 6.61 Å². The Morgan fingerprint density at radius 1 is 1.81 bits per heavy atom. The van der Waals surface area contributed by atoms with Gasteiger partial charge >= 0.3 is 5.69 Å². The Balaban J connectivity index is 2.45. The van der Waals surface area contributed by atoms with Gasteiger partial charge < -0.3 is 14.9 Å². The fraction of sp³-hybridized carbons (Fsp3) is 0.556. The van der Waals surface area contributed by atoms with E-state index < -0.39 is 48.4 Å². The van der Waals surface area contributed by atoms with Crippen LogP contribution in [0.2, 0.25) is 0 Å². The van der Waals surface area contributed by atoms with E-state index in [1.807, 2.05) is 0 Å². The van der Waals surface area contributed by atoms with Gasteiger partial charge in [0.15, 0.2) is 0 Å². The summed E-state index contributed by atoms with van der Waals surface area (Å²) in [6.07, 6.45) is -3.08. The highest BCUT2D eigenvalue weighted by molar-refractivity contribution is 4.87. The zero-order valence-electron chi connectivity index (χ0n) is 10.3. The van der Waals surface area contributed by atoms with Crippen molar-refractivity contribution in [3.05, 3.63) is 28.2 Å². The molecular weight excluding hydrogens is 214 g/mol. The SMILES string of the molecule is [2H]c1c([2H])n([C@H]2CC(O)[C@@H](CO)O2)c(=O)[nH]c1=N. The number of aliphatic hydroxyl groups is 2. The van der Waals surface area contributed by atoms with Crippen LogP contribution in [0.4, 0.5) is 0 Å². The molecule has 0 saturated carbocycles. The predicted molar refractivity (Wildman–Crippen MR) is 52.5 cm³/mol. The van der Waals surface area contributed by atoms with E-state index in [-0.39, 0.29) is 6.42 Å². The highest BCUT2D eigenvalue weighted by Crippen LogP contribution is 2.26. The first-order valence-corrected chi connectivity index (χ1v) is 4.76. The number of aromatic nitrogens is 2. The second kappa shape index (κ2) is 4.20. The summed E-state index contributed by atoms with van der Waals surface area (Å²) in [7, 11) is 0. The Morgan fingerprint density at radius 3 is 3.19 bits per heavy atom. The number of H-pyrrole nitrogens is 1. The maximum atomic E-state index is 11.7. The highest BCUT2D eigenvalue weighted by Gasteiger charge is 2.34. The molecule has 88 valence electrons. The molecule has 0 aliphatic carbocycles. The smallest absolute Gasteiger partial charge is 0.329 e. The number of aliphatic hydroxyl groups excluding tert-OH is 2. The highest BCUT2D eigenvalue weighted by atomic mass is 16.5. The van der Waals surface area contributed by atoms with E-state index in [1.165, 1.54) is 0 Å². The van der Waals surface area contributed by atoms with Crippen molar-refractivity contribution in [2.45, 2.75) is 24.9 Å². The normalized spacial score (nSPS) is 31.2. The van der Waals surface area contributed by atoms with Crippen LogP contribution in [-0.2, 0) is 4.74 Å². The van der Waals surface area contributed by atoms with Crippen LogP contribution in [0.1, 0.15) is 15.4 Å². The lowest BCUT2D eigenvalue weighted by atomic mass is 10.2. The molecule has 1 aromatic heterocycles. The van der Waals surface area contributed by atoms with Crippen LogP contribution in [-0.4, -0.2) is 38.6 Å². The molecule has 0 amide bonds. The van der Waals surface area contributed by atoms with Gasteiger partial charge in [0, 0.05) is 12.6 Å². The van der Waals surface area contributed by atoms with E-state index in [4.69, 9.17) is 18.0 Å². The van der Waals surface area contributed by atoms with Crippen LogP contribution >= 0.6 is 0 Å². The van der Waals surface area contributed by atoms with Crippen molar-refractivity contribution in [3.8, 4) is 0 Å². The molecule has 1 saturated heterocycles. The lowest BCUT2D eigenvalue weighted by Crippen LogP contribution is -2.31. The molecule has 0 bridgehead atoms. The van der Waals surface area contributed by atoms with E-state index in [0.29, 0.717) is 0 Å². The van der Waals surface area contributed by atoms with E-state index in [0.717, 1.165) is 4.57 Å². The summed E-state index contributed by atoms with van der Waals surface area (Å²) in [4.78, 5) is 13.8. The van der Waals surface area contributed by atoms with Crippen molar-refractivity contribution < 1.29 is 17.7 Å². The third kappa shape index (κ3) is 1.92. The molecule has 0 spiro atoms. The molecule has 2 heterocycles. The van der Waals surface area contributed by atoms with Crippen molar-refractivity contribution in [3.63, 3.8) is 0 Å². The Hall–Kier alpha value is -1.44. The molecule has 4 N–H and O–H groups in total. The van der Waals surface area contributed by atoms with Gasteiger partial charge in [-0.15, -0.1) is 0 Å². The van der Waals surface area contributed by atoms with Crippen LogP contribution in [0.5, 0.6) is 0 Å². The van der Waals surface area contributed by atoms with Crippen molar-refractivity contribution in [1.82, 2.24) is 9.55 Å². The largest absolute Gasteiger partial charge is 0.394 e. The molecule has 2 rings (SSSR count). The third-order valence-electron chi connectivity index (χ3n) is 2.42. The molecule has 1 aliphatic heterocycles. The molecule has 7 nitrogen and oxygen atoms in total. The van der Waals surface area contributed by atoms with Crippen LogP contribution < -0.4 is 11.2 Å². The van der Waals surface area contributed by atoms with E-state index in [2.05, 4.69) is 4.98 Å².